The standard InChI is InChI=1S/C12H16N2.C2H6/c1-9-4-6-13-10-5-8-14-7-2-3-11(14)12(9)10;1-2/h4,6,11H,2-3,5,7-8H2,1H3;1-2H3/t11-;/m1./s1. The Kier molecular flexibility index (Phi) is 3.59. The third-order valence-corrected chi connectivity index (χ3v) is 3.62. The lowest BCUT2D eigenvalue weighted by molar-refractivity contribution is 0.240. The predicted molar refractivity (Wildman–Crippen MR) is 67.6 cm³/mol. The second kappa shape index (κ2) is 4.96. The minimum Gasteiger partial charge on any atom is -0.296 e. The minimum absolute atomic E-state index is 0.687. The molecule has 1 aromatic heterocycles. The van der Waals surface area contributed by atoms with Crippen LogP contribution in [0.5, 0.6) is 0 Å². The van der Waals surface area contributed by atoms with E-state index in [4.69, 9.17) is 0 Å². The zero-order chi connectivity index (χ0) is 11.5. The predicted octanol–water partition coefficient (Wildman–Crippen LogP) is 3.11. The van der Waals surface area contributed by atoms with Crippen LogP contribution in [0.15, 0.2) is 12.3 Å². The number of aryl methyl sites for hydroxylation is 1. The van der Waals surface area contributed by atoms with Gasteiger partial charge >= 0.3 is 0 Å². The van der Waals surface area contributed by atoms with Crippen LogP contribution >= 0.6 is 0 Å². The van der Waals surface area contributed by atoms with Crippen LogP contribution in [0, 0.1) is 6.92 Å². The topological polar surface area (TPSA) is 16.1 Å². The Hall–Kier alpha value is -0.890. The van der Waals surface area contributed by atoms with Gasteiger partial charge in [-0.1, -0.05) is 13.8 Å². The smallest absolute Gasteiger partial charge is 0.0466 e. The zero-order valence-electron chi connectivity index (χ0n) is 10.7. The average molecular weight is 218 g/mol. The maximum absolute atomic E-state index is 4.51. The molecule has 0 spiro atoms. The first kappa shape index (κ1) is 11.6. The molecule has 2 nitrogen and oxygen atoms in total. The van der Waals surface area contributed by atoms with Crippen molar-refractivity contribution in [2.24, 2.45) is 0 Å². The molecule has 88 valence electrons. The number of hydrogen-bond acceptors (Lipinski definition) is 2. The van der Waals surface area contributed by atoms with Crippen molar-refractivity contribution < 1.29 is 0 Å². The quantitative estimate of drug-likeness (QED) is 0.665. The second-order valence-electron chi connectivity index (χ2n) is 4.43. The van der Waals surface area contributed by atoms with E-state index in [9.17, 15) is 0 Å². The Balaban J connectivity index is 0.000000457. The summed E-state index contributed by atoms with van der Waals surface area (Å²) in [7, 11) is 0. The molecule has 0 saturated carbocycles. The van der Waals surface area contributed by atoms with Crippen molar-refractivity contribution in [2.45, 2.75) is 46.1 Å². The summed E-state index contributed by atoms with van der Waals surface area (Å²) < 4.78 is 0. The van der Waals surface area contributed by atoms with Gasteiger partial charge in [0.1, 0.15) is 0 Å². The molecule has 3 heterocycles. The molecule has 1 fully saturated rings. The third kappa shape index (κ3) is 1.86. The van der Waals surface area contributed by atoms with E-state index >= 15 is 0 Å². The molecular formula is C14H22N2. The van der Waals surface area contributed by atoms with Gasteiger partial charge in [-0.3, -0.25) is 9.88 Å². The van der Waals surface area contributed by atoms with Crippen molar-refractivity contribution in [2.75, 3.05) is 13.1 Å². The van der Waals surface area contributed by atoms with Crippen LogP contribution in [0.2, 0.25) is 0 Å². The highest BCUT2D eigenvalue weighted by molar-refractivity contribution is 5.34. The normalized spacial score (nSPS) is 23.1. The van der Waals surface area contributed by atoms with E-state index in [0.717, 1.165) is 6.42 Å². The Labute approximate surface area is 98.7 Å². The summed E-state index contributed by atoms with van der Waals surface area (Å²) >= 11 is 0. The van der Waals surface area contributed by atoms with Crippen molar-refractivity contribution in [3.05, 3.63) is 29.1 Å². The molecule has 0 N–H and O–H groups in total. The van der Waals surface area contributed by atoms with Gasteiger partial charge in [0.05, 0.1) is 0 Å². The van der Waals surface area contributed by atoms with E-state index in [1.807, 2.05) is 20.0 Å². The highest BCUT2D eigenvalue weighted by Crippen LogP contribution is 2.38. The second-order valence-corrected chi connectivity index (χ2v) is 4.43. The molecule has 0 aromatic carbocycles. The van der Waals surface area contributed by atoms with Crippen LogP contribution in [0.1, 0.15) is 49.6 Å². The Bertz CT molecular complexity index is 360. The third-order valence-electron chi connectivity index (χ3n) is 3.62. The summed E-state index contributed by atoms with van der Waals surface area (Å²) in [6.07, 6.45) is 5.80. The number of aromatic nitrogens is 1. The number of pyridine rings is 1. The largest absolute Gasteiger partial charge is 0.296 e. The fraction of sp³-hybridized carbons (Fsp3) is 0.643. The lowest BCUT2D eigenvalue weighted by atomic mass is 9.93. The summed E-state index contributed by atoms with van der Waals surface area (Å²) in [5, 5.41) is 0. The van der Waals surface area contributed by atoms with Gasteiger partial charge in [0.15, 0.2) is 0 Å². The molecule has 3 rings (SSSR count). The van der Waals surface area contributed by atoms with E-state index in [1.54, 1.807) is 0 Å². The fourth-order valence-electron chi connectivity index (χ4n) is 2.95. The molecule has 0 bridgehead atoms. The van der Waals surface area contributed by atoms with Crippen LogP contribution in [-0.2, 0) is 6.42 Å². The first-order chi connectivity index (χ1) is 7.86. The highest BCUT2D eigenvalue weighted by Gasteiger charge is 2.32. The highest BCUT2D eigenvalue weighted by atomic mass is 15.2. The summed E-state index contributed by atoms with van der Waals surface area (Å²) in [4.78, 5) is 7.14. The van der Waals surface area contributed by atoms with Gasteiger partial charge in [-0.2, -0.15) is 0 Å². The lowest BCUT2D eigenvalue weighted by Crippen LogP contribution is -2.32. The van der Waals surface area contributed by atoms with Crippen molar-refractivity contribution in [3.8, 4) is 0 Å². The number of hydrogen-bond donors (Lipinski definition) is 0. The maximum Gasteiger partial charge on any atom is 0.0466 e. The SMILES string of the molecule is CC.Cc1ccnc2c1[C@H]1CCCN1CC2. The van der Waals surface area contributed by atoms with Crippen LogP contribution < -0.4 is 0 Å². The monoisotopic (exact) mass is 218 g/mol. The van der Waals surface area contributed by atoms with Crippen molar-refractivity contribution in [3.63, 3.8) is 0 Å². The van der Waals surface area contributed by atoms with Gasteiger partial charge in [-0.05, 0) is 43.5 Å². The molecule has 1 atom stereocenters. The van der Waals surface area contributed by atoms with E-state index in [0.29, 0.717) is 6.04 Å². The summed E-state index contributed by atoms with van der Waals surface area (Å²) in [5.74, 6) is 0. The molecule has 16 heavy (non-hydrogen) atoms. The van der Waals surface area contributed by atoms with Gasteiger partial charge in [-0.25, -0.2) is 0 Å². The molecule has 1 aromatic rings. The van der Waals surface area contributed by atoms with Crippen molar-refractivity contribution >= 4 is 0 Å². The number of fused-ring (bicyclic) bond motifs is 3. The van der Waals surface area contributed by atoms with Crippen LogP contribution in [0.4, 0.5) is 0 Å². The molecule has 2 aliphatic rings. The Morgan fingerprint density at radius 3 is 2.94 bits per heavy atom. The fourth-order valence-corrected chi connectivity index (χ4v) is 2.95. The van der Waals surface area contributed by atoms with E-state index < -0.39 is 0 Å². The van der Waals surface area contributed by atoms with Gasteiger partial charge in [0, 0.05) is 30.9 Å². The molecule has 0 unspecified atom stereocenters. The van der Waals surface area contributed by atoms with Gasteiger partial charge in [0.2, 0.25) is 0 Å². The first-order valence-corrected chi connectivity index (χ1v) is 6.54. The van der Waals surface area contributed by atoms with Crippen LogP contribution in [0.25, 0.3) is 0 Å². The van der Waals surface area contributed by atoms with Gasteiger partial charge in [0.25, 0.3) is 0 Å². The van der Waals surface area contributed by atoms with Gasteiger partial charge in [-0.15, -0.1) is 0 Å². The van der Waals surface area contributed by atoms with Crippen molar-refractivity contribution in [1.29, 1.82) is 0 Å². The summed E-state index contributed by atoms with van der Waals surface area (Å²) in [6, 6.07) is 2.84. The molecule has 0 amide bonds. The van der Waals surface area contributed by atoms with Crippen molar-refractivity contribution in [1.82, 2.24) is 9.88 Å². The molecule has 2 heteroatoms. The van der Waals surface area contributed by atoms with Gasteiger partial charge < -0.3 is 0 Å². The molecule has 0 aliphatic carbocycles. The zero-order valence-corrected chi connectivity index (χ0v) is 10.7. The Morgan fingerprint density at radius 2 is 2.12 bits per heavy atom. The van der Waals surface area contributed by atoms with Crippen LogP contribution in [-0.4, -0.2) is 23.0 Å². The molecular weight excluding hydrogens is 196 g/mol. The lowest BCUT2D eigenvalue weighted by Gasteiger charge is -2.32. The summed E-state index contributed by atoms with van der Waals surface area (Å²) in [6.45, 7) is 8.73. The van der Waals surface area contributed by atoms with E-state index in [1.165, 1.54) is 42.8 Å². The minimum atomic E-state index is 0.687. The molecule has 1 saturated heterocycles. The van der Waals surface area contributed by atoms with Crippen LogP contribution in [0.3, 0.4) is 0 Å². The first-order valence-electron chi connectivity index (χ1n) is 6.54. The van der Waals surface area contributed by atoms with E-state index in [-0.39, 0.29) is 0 Å². The molecule has 0 radical (unpaired) electrons. The summed E-state index contributed by atoms with van der Waals surface area (Å²) in [5.41, 5.74) is 4.33. The van der Waals surface area contributed by atoms with E-state index in [2.05, 4.69) is 22.9 Å². The maximum atomic E-state index is 4.51. The number of rotatable bonds is 0. The Morgan fingerprint density at radius 1 is 1.31 bits per heavy atom. The molecule has 2 aliphatic heterocycles. The number of nitrogens with zero attached hydrogens (tertiary/aromatic N) is 2. The average Bonchev–Trinajstić information content (AvgIpc) is 2.80.